The van der Waals surface area contributed by atoms with Crippen molar-refractivity contribution in [2.45, 2.75) is 33.3 Å². The number of carbonyl (C=O) groups is 2. The fourth-order valence-corrected chi connectivity index (χ4v) is 1.92. The van der Waals surface area contributed by atoms with Crippen molar-refractivity contribution in [3.63, 3.8) is 0 Å². The molecular weight excluding hydrogens is 322 g/mol. The molecule has 0 atom stereocenters. The van der Waals surface area contributed by atoms with Crippen LogP contribution in [0.4, 0.5) is 5.69 Å². The van der Waals surface area contributed by atoms with Gasteiger partial charge in [0.05, 0.1) is 5.69 Å². The lowest BCUT2D eigenvalue weighted by atomic mass is 10.2. The molecule has 0 aliphatic rings. The molecule has 20 heavy (non-hydrogen) atoms. The predicted octanol–water partition coefficient (Wildman–Crippen LogP) is 3.76. The number of nitrogens with one attached hydrogen (secondary N) is 1. The maximum Gasteiger partial charge on any atom is 0.331 e. The Morgan fingerprint density at radius 3 is 2.45 bits per heavy atom. The van der Waals surface area contributed by atoms with Gasteiger partial charge in [0.15, 0.2) is 0 Å². The van der Waals surface area contributed by atoms with Crippen LogP contribution in [0.1, 0.15) is 33.3 Å². The first-order valence-electron chi connectivity index (χ1n) is 6.15. The van der Waals surface area contributed by atoms with Gasteiger partial charge >= 0.3 is 5.97 Å². The molecule has 1 aromatic carbocycles. The van der Waals surface area contributed by atoms with Gasteiger partial charge in [0, 0.05) is 17.5 Å². The van der Waals surface area contributed by atoms with Crippen LogP contribution in [0, 0.1) is 0 Å². The smallest absolute Gasteiger partial charge is 0.331 e. The largest absolute Gasteiger partial charge is 0.457 e. The van der Waals surface area contributed by atoms with Crippen LogP contribution in [-0.2, 0) is 14.3 Å². The van der Waals surface area contributed by atoms with Gasteiger partial charge in [0.1, 0.15) is 5.60 Å². The van der Waals surface area contributed by atoms with Crippen molar-refractivity contribution < 1.29 is 14.3 Å². The summed E-state index contributed by atoms with van der Waals surface area (Å²) in [6.45, 7) is 6.90. The quantitative estimate of drug-likeness (QED) is 0.673. The number of ether oxygens (including phenoxy) is 1. The third-order valence-electron chi connectivity index (χ3n) is 2.12. The molecule has 1 aromatic rings. The van der Waals surface area contributed by atoms with Crippen molar-refractivity contribution in [2.24, 2.45) is 0 Å². The first-order valence-corrected chi connectivity index (χ1v) is 6.95. The topological polar surface area (TPSA) is 55.4 Å². The van der Waals surface area contributed by atoms with Crippen LogP contribution in [0.3, 0.4) is 0 Å². The minimum Gasteiger partial charge on any atom is -0.457 e. The van der Waals surface area contributed by atoms with Crippen LogP contribution >= 0.6 is 15.9 Å². The highest BCUT2D eigenvalue weighted by Crippen LogP contribution is 2.24. The van der Waals surface area contributed by atoms with Gasteiger partial charge < -0.3 is 10.1 Å². The lowest BCUT2D eigenvalue weighted by Gasteiger charge is -2.17. The normalized spacial score (nSPS) is 11.4. The summed E-state index contributed by atoms with van der Waals surface area (Å²) in [5, 5.41) is 2.69. The number of anilines is 1. The van der Waals surface area contributed by atoms with E-state index in [1.54, 1.807) is 18.2 Å². The van der Waals surface area contributed by atoms with Crippen LogP contribution in [0.5, 0.6) is 0 Å². The minimum absolute atomic E-state index is 0.136. The summed E-state index contributed by atoms with van der Waals surface area (Å²) in [5.74, 6) is -0.526. The summed E-state index contributed by atoms with van der Waals surface area (Å²) in [6, 6.07) is 5.38. The summed E-state index contributed by atoms with van der Waals surface area (Å²) < 4.78 is 5.92. The van der Waals surface area contributed by atoms with E-state index in [0.717, 1.165) is 10.0 Å². The molecule has 0 aliphatic heterocycles. The van der Waals surface area contributed by atoms with Crippen LogP contribution in [-0.4, -0.2) is 17.5 Å². The summed E-state index contributed by atoms with van der Waals surface area (Å²) in [4.78, 5) is 22.5. The van der Waals surface area contributed by atoms with E-state index in [0.29, 0.717) is 5.69 Å². The molecule has 0 spiro atoms. The number of rotatable bonds is 3. The van der Waals surface area contributed by atoms with Gasteiger partial charge in [-0.15, -0.1) is 0 Å². The summed E-state index contributed by atoms with van der Waals surface area (Å²) in [7, 11) is 0. The van der Waals surface area contributed by atoms with E-state index in [9.17, 15) is 9.59 Å². The van der Waals surface area contributed by atoms with E-state index in [-0.39, 0.29) is 11.9 Å². The van der Waals surface area contributed by atoms with E-state index in [4.69, 9.17) is 4.74 Å². The summed E-state index contributed by atoms with van der Waals surface area (Å²) >= 11 is 3.37. The second kappa shape index (κ2) is 6.70. The van der Waals surface area contributed by atoms with Crippen molar-refractivity contribution >= 4 is 39.6 Å². The van der Waals surface area contributed by atoms with E-state index in [1.165, 1.54) is 13.0 Å². The first-order chi connectivity index (χ1) is 9.17. The fourth-order valence-electron chi connectivity index (χ4n) is 1.43. The van der Waals surface area contributed by atoms with Gasteiger partial charge in [-0.2, -0.15) is 0 Å². The molecule has 1 N–H and O–H groups in total. The molecule has 1 amide bonds. The summed E-state index contributed by atoms with van der Waals surface area (Å²) in [6.07, 6.45) is 3.04. The van der Waals surface area contributed by atoms with Crippen molar-refractivity contribution in [3.8, 4) is 0 Å². The van der Waals surface area contributed by atoms with Crippen LogP contribution in [0.25, 0.3) is 6.08 Å². The molecule has 0 bridgehead atoms. The fraction of sp³-hybridized carbons (Fsp3) is 0.333. The zero-order valence-electron chi connectivity index (χ0n) is 12.0. The molecular formula is C15H18BrNO3. The number of halogens is 1. The highest BCUT2D eigenvalue weighted by Gasteiger charge is 2.13. The molecule has 0 aliphatic carbocycles. The van der Waals surface area contributed by atoms with E-state index in [1.807, 2.05) is 26.8 Å². The second-order valence-electron chi connectivity index (χ2n) is 5.29. The van der Waals surface area contributed by atoms with Gasteiger partial charge in [0.2, 0.25) is 5.91 Å². The number of amides is 1. The Hall–Kier alpha value is -1.62. The number of hydrogen-bond donors (Lipinski definition) is 1. The number of hydrogen-bond acceptors (Lipinski definition) is 3. The predicted molar refractivity (Wildman–Crippen MR) is 83.3 cm³/mol. The van der Waals surface area contributed by atoms with Gasteiger partial charge in [-0.05, 0) is 60.5 Å². The Bertz CT molecular complexity index is 545. The Morgan fingerprint density at radius 1 is 1.30 bits per heavy atom. The first kappa shape index (κ1) is 16.4. The molecule has 108 valence electrons. The zero-order chi connectivity index (χ0) is 15.3. The molecule has 0 fully saturated rings. The SMILES string of the molecule is CC(=O)Nc1ccc(/C=C/C(=O)OC(C)(C)C)cc1Br. The average molecular weight is 340 g/mol. The van der Waals surface area contributed by atoms with Crippen molar-refractivity contribution in [1.82, 2.24) is 0 Å². The lowest BCUT2D eigenvalue weighted by molar-refractivity contribution is -0.148. The average Bonchev–Trinajstić information content (AvgIpc) is 2.27. The highest BCUT2D eigenvalue weighted by molar-refractivity contribution is 9.10. The maximum atomic E-state index is 11.6. The monoisotopic (exact) mass is 339 g/mol. The van der Waals surface area contributed by atoms with E-state index >= 15 is 0 Å². The highest BCUT2D eigenvalue weighted by atomic mass is 79.9. The summed E-state index contributed by atoms with van der Waals surface area (Å²) in [5.41, 5.74) is 1.01. The molecule has 4 nitrogen and oxygen atoms in total. The van der Waals surface area contributed by atoms with Crippen molar-refractivity contribution in [2.75, 3.05) is 5.32 Å². The van der Waals surface area contributed by atoms with E-state index < -0.39 is 5.60 Å². The molecule has 0 unspecified atom stereocenters. The van der Waals surface area contributed by atoms with Crippen molar-refractivity contribution in [1.29, 1.82) is 0 Å². The van der Waals surface area contributed by atoms with Gasteiger partial charge in [-0.3, -0.25) is 4.79 Å². The second-order valence-corrected chi connectivity index (χ2v) is 6.14. The molecule has 0 saturated carbocycles. The number of carbonyl (C=O) groups excluding carboxylic acids is 2. The molecule has 0 radical (unpaired) electrons. The number of benzene rings is 1. The Labute approximate surface area is 127 Å². The molecule has 0 saturated heterocycles. The maximum absolute atomic E-state index is 11.6. The molecule has 0 heterocycles. The van der Waals surface area contributed by atoms with Gasteiger partial charge in [-0.1, -0.05) is 6.07 Å². The molecule has 1 rings (SSSR count). The number of esters is 1. The van der Waals surface area contributed by atoms with Crippen molar-refractivity contribution in [3.05, 3.63) is 34.3 Å². The Morgan fingerprint density at radius 2 is 1.95 bits per heavy atom. The molecule has 5 heteroatoms. The Kier molecular flexibility index (Phi) is 5.51. The van der Waals surface area contributed by atoms with Gasteiger partial charge in [-0.25, -0.2) is 4.79 Å². The standard InChI is InChI=1S/C15H18BrNO3/c1-10(18)17-13-7-5-11(9-12(13)16)6-8-14(19)20-15(2,3)4/h5-9H,1-4H3,(H,17,18)/b8-6+. The van der Waals surface area contributed by atoms with Crippen LogP contribution in [0.2, 0.25) is 0 Å². The van der Waals surface area contributed by atoms with E-state index in [2.05, 4.69) is 21.2 Å². The third kappa shape index (κ3) is 6.02. The van der Waals surface area contributed by atoms with Gasteiger partial charge in [0.25, 0.3) is 0 Å². The third-order valence-corrected chi connectivity index (χ3v) is 2.78. The minimum atomic E-state index is -0.503. The van der Waals surface area contributed by atoms with Crippen LogP contribution in [0.15, 0.2) is 28.7 Å². The Balaban J connectivity index is 2.76. The zero-order valence-corrected chi connectivity index (χ0v) is 13.6. The molecule has 0 aromatic heterocycles. The van der Waals surface area contributed by atoms with Crippen LogP contribution < -0.4 is 5.32 Å². The lowest BCUT2D eigenvalue weighted by Crippen LogP contribution is -2.22.